The van der Waals surface area contributed by atoms with Crippen molar-refractivity contribution in [1.82, 2.24) is 4.57 Å². The molecule has 0 aliphatic carbocycles. The van der Waals surface area contributed by atoms with Crippen LogP contribution in [0.5, 0.6) is 0 Å². The van der Waals surface area contributed by atoms with Crippen LogP contribution in [0.25, 0.3) is 6.08 Å². The van der Waals surface area contributed by atoms with Gasteiger partial charge in [-0.05, 0) is 38.5 Å². The van der Waals surface area contributed by atoms with Crippen molar-refractivity contribution in [2.24, 2.45) is 4.99 Å². The van der Waals surface area contributed by atoms with Crippen molar-refractivity contribution < 1.29 is 19.2 Å². The van der Waals surface area contributed by atoms with Gasteiger partial charge in [-0.2, -0.15) is 0 Å². The zero-order valence-corrected chi connectivity index (χ0v) is 22.7. The van der Waals surface area contributed by atoms with E-state index < -0.39 is 16.9 Å². The predicted octanol–water partition coefficient (Wildman–Crippen LogP) is 2.85. The first-order valence-corrected chi connectivity index (χ1v) is 13.5. The normalized spacial score (nSPS) is 17.6. The summed E-state index contributed by atoms with van der Waals surface area (Å²) < 4.78 is 12.7. The molecule has 202 valence electrons. The molecule has 0 bridgehead atoms. The molecule has 0 N–H and O–H groups in total. The van der Waals surface area contributed by atoms with Crippen LogP contribution in [-0.4, -0.2) is 48.4 Å². The molecule has 3 aromatic rings. The number of fused-ring (bicyclic) bond motifs is 1. The molecule has 0 amide bonds. The van der Waals surface area contributed by atoms with Gasteiger partial charge in [0.15, 0.2) is 4.80 Å². The van der Waals surface area contributed by atoms with Crippen LogP contribution >= 0.6 is 11.3 Å². The highest BCUT2D eigenvalue weighted by atomic mass is 32.1. The first kappa shape index (κ1) is 26.5. The molecular formula is C28H28N4O6S. The molecule has 5 rings (SSSR count). The molecule has 2 aliphatic rings. The third-order valence-electron chi connectivity index (χ3n) is 6.77. The lowest BCUT2D eigenvalue weighted by Crippen LogP contribution is -2.40. The van der Waals surface area contributed by atoms with Gasteiger partial charge in [0.1, 0.15) is 0 Å². The largest absolute Gasteiger partial charge is 0.463 e. The molecule has 2 aromatic carbocycles. The Bertz CT molecular complexity index is 1650. The van der Waals surface area contributed by atoms with E-state index in [1.54, 1.807) is 26.0 Å². The zero-order chi connectivity index (χ0) is 27.7. The summed E-state index contributed by atoms with van der Waals surface area (Å²) in [5.41, 5.74) is 3.54. The fourth-order valence-corrected chi connectivity index (χ4v) is 5.90. The maximum atomic E-state index is 13.9. The molecule has 0 saturated carbocycles. The number of ether oxygens (including phenoxy) is 2. The Morgan fingerprint density at radius 1 is 1.21 bits per heavy atom. The highest BCUT2D eigenvalue weighted by Gasteiger charge is 2.33. The van der Waals surface area contributed by atoms with Crippen LogP contribution in [0.15, 0.2) is 63.5 Å². The molecule has 0 unspecified atom stereocenters. The van der Waals surface area contributed by atoms with Crippen molar-refractivity contribution in [3.05, 3.63) is 100 Å². The number of carbonyl (C=O) groups is 1. The summed E-state index contributed by atoms with van der Waals surface area (Å²) in [7, 11) is 0. The molecule has 10 nitrogen and oxygen atoms in total. The van der Waals surface area contributed by atoms with Crippen molar-refractivity contribution in [3.63, 3.8) is 0 Å². The predicted molar refractivity (Wildman–Crippen MR) is 148 cm³/mol. The van der Waals surface area contributed by atoms with E-state index in [-0.39, 0.29) is 17.9 Å². The Balaban J connectivity index is 1.71. The number of nitro benzene ring substituents is 1. The molecule has 1 saturated heterocycles. The standard InChI is InChI=1S/C28H28N4O6S/c1-4-38-27(34)24-18(3)29-28-31(25(24)19-7-5-17(2)6-8-19)26(33)23(39-28)16-20-15-21(32(35)36)9-10-22(20)30-11-13-37-14-12-30/h5-10,15-16,25H,4,11-14H2,1-3H3/t25-/m1/s1. The Kier molecular flexibility index (Phi) is 7.45. The summed E-state index contributed by atoms with van der Waals surface area (Å²) >= 11 is 1.19. The molecule has 1 atom stereocenters. The Labute approximate surface area is 228 Å². The number of non-ortho nitro benzene ring substituents is 1. The summed E-state index contributed by atoms with van der Waals surface area (Å²) in [5, 5.41) is 11.6. The minimum absolute atomic E-state index is 0.0657. The quantitative estimate of drug-likeness (QED) is 0.264. The number of benzene rings is 2. The molecule has 39 heavy (non-hydrogen) atoms. The summed E-state index contributed by atoms with van der Waals surface area (Å²) in [5.74, 6) is -0.521. The SMILES string of the molecule is CCOC(=O)C1=C(C)N=c2sc(=Cc3cc([N+](=O)[O-])ccc3N3CCOCC3)c(=O)n2[C@@H]1c1ccc(C)cc1. The number of hydrogen-bond acceptors (Lipinski definition) is 9. The summed E-state index contributed by atoms with van der Waals surface area (Å²) in [6.07, 6.45) is 1.68. The lowest BCUT2D eigenvalue weighted by Gasteiger charge is -2.30. The van der Waals surface area contributed by atoms with Gasteiger partial charge in [-0.15, -0.1) is 0 Å². The van der Waals surface area contributed by atoms with Gasteiger partial charge >= 0.3 is 5.97 Å². The number of thiazole rings is 1. The third-order valence-corrected chi connectivity index (χ3v) is 7.75. The average Bonchev–Trinajstić information content (AvgIpc) is 3.23. The van der Waals surface area contributed by atoms with E-state index in [1.807, 2.05) is 31.2 Å². The minimum Gasteiger partial charge on any atom is -0.463 e. The summed E-state index contributed by atoms with van der Waals surface area (Å²) in [4.78, 5) is 45.3. The number of carbonyl (C=O) groups excluding carboxylic acids is 1. The molecule has 3 heterocycles. The fraction of sp³-hybridized carbons (Fsp3) is 0.321. The smallest absolute Gasteiger partial charge is 0.338 e. The van der Waals surface area contributed by atoms with Gasteiger partial charge in [-0.1, -0.05) is 41.2 Å². The zero-order valence-electron chi connectivity index (χ0n) is 21.9. The number of rotatable bonds is 6. The number of nitro groups is 1. The Hall–Kier alpha value is -4.09. The van der Waals surface area contributed by atoms with Crippen molar-refractivity contribution in [3.8, 4) is 0 Å². The van der Waals surface area contributed by atoms with Gasteiger partial charge < -0.3 is 14.4 Å². The molecule has 1 aromatic heterocycles. The lowest BCUT2D eigenvalue weighted by molar-refractivity contribution is -0.384. The van der Waals surface area contributed by atoms with Gasteiger partial charge in [0.05, 0.1) is 46.6 Å². The van der Waals surface area contributed by atoms with Crippen LogP contribution in [-0.2, 0) is 14.3 Å². The van der Waals surface area contributed by atoms with Gasteiger partial charge in [0.2, 0.25) is 0 Å². The van der Waals surface area contributed by atoms with Gasteiger partial charge in [-0.25, -0.2) is 9.79 Å². The second kappa shape index (κ2) is 11.0. The Morgan fingerprint density at radius 3 is 2.59 bits per heavy atom. The van der Waals surface area contributed by atoms with E-state index in [4.69, 9.17) is 9.47 Å². The van der Waals surface area contributed by atoms with Crippen molar-refractivity contribution in [1.29, 1.82) is 0 Å². The van der Waals surface area contributed by atoms with Crippen LogP contribution in [0, 0.1) is 17.0 Å². The van der Waals surface area contributed by atoms with Crippen LogP contribution < -0.4 is 19.8 Å². The highest BCUT2D eigenvalue weighted by molar-refractivity contribution is 7.07. The minimum atomic E-state index is -0.716. The number of aryl methyl sites for hydroxylation is 1. The van der Waals surface area contributed by atoms with Crippen molar-refractivity contribution in [2.45, 2.75) is 26.8 Å². The van der Waals surface area contributed by atoms with E-state index >= 15 is 0 Å². The second-order valence-electron chi connectivity index (χ2n) is 9.31. The van der Waals surface area contributed by atoms with Crippen molar-refractivity contribution >= 4 is 34.8 Å². The number of morpholine rings is 1. The monoisotopic (exact) mass is 548 g/mol. The van der Waals surface area contributed by atoms with Crippen LogP contribution in [0.1, 0.15) is 36.6 Å². The lowest BCUT2D eigenvalue weighted by atomic mass is 9.95. The van der Waals surface area contributed by atoms with E-state index in [1.165, 1.54) is 28.0 Å². The summed E-state index contributed by atoms with van der Waals surface area (Å²) in [6.45, 7) is 7.99. The van der Waals surface area contributed by atoms with Crippen LogP contribution in [0.2, 0.25) is 0 Å². The highest BCUT2D eigenvalue weighted by Crippen LogP contribution is 2.31. The van der Waals surface area contributed by atoms with E-state index in [2.05, 4.69) is 9.89 Å². The molecule has 11 heteroatoms. The number of esters is 1. The summed E-state index contributed by atoms with van der Waals surface area (Å²) in [6, 6.07) is 11.6. The van der Waals surface area contributed by atoms with E-state index in [0.29, 0.717) is 52.5 Å². The molecule has 2 aliphatic heterocycles. The molecule has 1 fully saturated rings. The van der Waals surface area contributed by atoms with Gasteiger partial charge in [0, 0.05) is 36.5 Å². The Morgan fingerprint density at radius 2 is 1.92 bits per heavy atom. The molecule has 0 spiro atoms. The fourth-order valence-electron chi connectivity index (χ4n) is 4.86. The molecule has 0 radical (unpaired) electrons. The maximum absolute atomic E-state index is 13.9. The number of anilines is 1. The number of nitrogens with zero attached hydrogens (tertiary/aromatic N) is 4. The van der Waals surface area contributed by atoms with E-state index in [0.717, 1.165) is 16.8 Å². The number of aromatic nitrogens is 1. The topological polar surface area (TPSA) is 116 Å². The first-order valence-electron chi connectivity index (χ1n) is 12.7. The van der Waals surface area contributed by atoms with Crippen LogP contribution in [0.4, 0.5) is 11.4 Å². The molecular weight excluding hydrogens is 520 g/mol. The maximum Gasteiger partial charge on any atom is 0.338 e. The average molecular weight is 549 g/mol. The van der Waals surface area contributed by atoms with Crippen LogP contribution in [0.3, 0.4) is 0 Å². The third kappa shape index (κ3) is 5.15. The van der Waals surface area contributed by atoms with E-state index in [9.17, 15) is 19.7 Å². The first-order chi connectivity index (χ1) is 18.8. The van der Waals surface area contributed by atoms with Gasteiger partial charge in [0.25, 0.3) is 11.2 Å². The number of allylic oxidation sites excluding steroid dienone is 1. The second-order valence-corrected chi connectivity index (χ2v) is 10.3. The van der Waals surface area contributed by atoms with Gasteiger partial charge in [-0.3, -0.25) is 19.5 Å². The van der Waals surface area contributed by atoms with Crippen molar-refractivity contribution in [2.75, 3.05) is 37.8 Å². The number of hydrogen-bond donors (Lipinski definition) is 0.